The van der Waals surface area contributed by atoms with Gasteiger partial charge in [-0.3, -0.25) is 4.79 Å². The van der Waals surface area contributed by atoms with Crippen molar-refractivity contribution in [2.45, 2.75) is 19.8 Å². The summed E-state index contributed by atoms with van der Waals surface area (Å²) >= 11 is 5.92. The highest BCUT2D eigenvalue weighted by Gasteiger charge is 2.06. The van der Waals surface area contributed by atoms with Gasteiger partial charge in [0.15, 0.2) is 0 Å². The van der Waals surface area contributed by atoms with Crippen molar-refractivity contribution >= 4 is 23.2 Å². The summed E-state index contributed by atoms with van der Waals surface area (Å²) in [6.45, 7) is 2.86. The molecule has 0 aliphatic heterocycles. The third kappa shape index (κ3) is 6.07. The number of halogens is 1. The van der Waals surface area contributed by atoms with Gasteiger partial charge in [0.2, 0.25) is 5.91 Å². The molecule has 20 heavy (non-hydrogen) atoms. The molecule has 0 bridgehead atoms. The lowest BCUT2D eigenvalue weighted by molar-refractivity contribution is -0.117. The highest BCUT2D eigenvalue weighted by molar-refractivity contribution is 6.31. The normalized spacial score (nSPS) is 9.75. The summed E-state index contributed by atoms with van der Waals surface area (Å²) in [4.78, 5) is 11.8. The zero-order chi connectivity index (χ0) is 14.8. The van der Waals surface area contributed by atoms with Crippen LogP contribution in [0.3, 0.4) is 0 Å². The topological polar surface area (TPSA) is 58.6 Å². The maximum Gasteiger partial charge on any atom is 0.226 e. The minimum atomic E-state index is -0.147. The molecule has 1 amide bonds. The molecule has 1 rings (SSSR count). The molecule has 4 nitrogen and oxygen atoms in total. The van der Waals surface area contributed by atoms with Crippen LogP contribution in [-0.4, -0.2) is 30.8 Å². The molecular formula is C15H18ClNO3. The molecule has 0 heterocycles. The van der Waals surface area contributed by atoms with E-state index in [-0.39, 0.29) is 18.9 Å². The van der Waals surface area contributed by atoms with Crippen molar-refractivity contribution in [3.8, 4) is 11.8 Å². The van der Waals surface area contributed by atoms with Crippen molar-refractivity contribution in [3.63, 3.8) is 0 Å². The fourth-order valence-corrected chi connectivity index (χ4v) is 1.64. The van der Waals surface area contributed by atoms with Crippen LogP contribution in [0.5, 0.6) is 0 Å². The maximum atomic E-state index is 11.8. The largest absolute Gasteiger partial charge is 0.395 e. The summed E-state index contributed by atoms with van der Waals surface area (Å²) in [6, 6.07) is 5.11. The van der Waals surface area contributed by atoms with Crippen LogP contribution in [0.2, 0.25) is 5.02 Å². The monoisotopic (exact) mass is 295 g/mol. The first-order valence-corrected chi connectivity index (χ1v) is 6.82. The third-order valence-corrected chi connectivity index (χ3v) is 2.63. The first-order chi connectivity index (χ1) is 9.67. The van der Waals surface area contributed by atoms with Crippen LogP contribution in [0.15, 0.2) is 18.2 Å². The van der Waals surface area contributed by atoms with E-state index in [1.165, 1.54) is 0 Å². The minimum Gasteiger partial charge on any atom is -0.395 e. The van der Waals surface area contributed by atoms with E-state index in [0.717, 1.165) is 0 Å². The molecule has 0 saturated heterocycles. The first-order valence-electron chi connectivity index (χ1n) is 6.44. The highest BCUT2D eigenvalue weighted by atomic mass is 35.5. The number of carbonyl (C=O) groups is 1. The van der Waals surface area contributed by atoms with Gasteiger partial charge in [0.25, 0.3) is 0 Å². The summed E-state index contributed by atoms with van der Waals surface area (Å²) in [7, 11) is 0. The third-order valence-electron chi connectivity index (χ3n) is 2.39. The van der Waals surface area contributed by atoms with Gasteiger partial charge >= 0.3 is 0 Å². The molecule has 1 aromatic rings. The fraction of sp³-hybridized carbons (Fsp3) is 0.400. The smallest absolute Gasteiger partial charge is 0.226 e. The standard InChI is InChI=1S/C15H18ClNO3/c1-2-20-10-8-15(19)17-14-11-13(16)7-6-12(14)5-3-4-9-18/h6-7,11,18H,2,4,8-10H2,1H3,(H,17,19). The summed E-state index contributed by atoms with van der Waals surface area (Å²) in [5, 5.41) is 12.0. The molecule has 0 aliphatic rings. The molecule has 1 aromatic carbocycles. The predicted molar refractivity (Wildman–Crippen MR) is 79.8 cm³/mol. The zero-order valence-corrected chi connectivity index (χ0v) is 12.2. The van der Waals surface area contributed by atoms with Crippen LogP contribution in [0.1, 0.15) is 25.3 Å². The van der Waals surface area contributed by atoms with E-state index >= 15 is 0 Å². The van der Waals surface area contributed by atoms with Gasteiger partial charge in [-0.15, -0.1) is 0 Å². The van der Waals surface area contributed by atoms with Crippen molar-refractivity contribution in [3.05, 3.63) is 28.8 Å². The number of aliphatic hydroxyl groups excluding tert-OH is 1. The number of rotatable bonds is 6. The van der Waals surface area contributed by atoms with Crippen LogP contribution in [0.25, 0.3) is 0 Å². The second-order valence-electron chi connectivity index (χ2n) is 3.96. The molecule has 108 valence electrons. The number of hydrogen-bond acceptors (Lipinski definition) is 3. The maximum absolute atomic E-state index is 11.8. The van der Waals surface area contributed by atoms with Gasteiger partial charge in [0, 0.05) is 23.6 Å². The van der Waals surface area contributed by atoms with E-state index in [4.69, 9.17) is 21.4 Å². The number of benzene rings is 1. The Morgan fingerprint density at radius 2 is 2.30 bits per heavy atom. The van der Waals surface area contributed by atoms with Crippen molar-refractivity contribution in [2.75, 3.05) is 25.1 Å². The average Bonchev–Trinajstić information content (AvgIpc) is 2.42. The summed E-state index contributed by atoms with van der Waals surface area (Å²) < 4.78 is 5.13. The highest BCUT2D eigenvalue weighted by Crippen LogP contribution is 2.20. The van der Waals surface area contributed by atoms with Gasteiger partial charge in [-0.2, -0.15) is 0 Å². The number of anilines is 1. The fourth-order valence-electron chi connectivity index (χ4n) is 1.46. The van der Waals surface area contributed by atoms with Crippen LogP contribution in [-0.2, 0) is 9.53 Å². The van der Waals surface area contributed by atoms with Gasteiger partial charge in [-0.25, -0.2) is 0 Å². The van der Waals surface area contributed by atoms with E-state index in [1.807, 2.05) is 6.92 Å². The predicted octanol–water partition coefficient (Wildman–Crippen LogP) is 2.44. The van der Waals surface area contributed by atoms with Gasteiger partial charge in [0.05, 0.1) is 25.3 Å². The van der Waals surface area contributed by atoms with E-state index in [1.54, 1.807) is 18.2 Å². The van der Waals surface area contributed by atoms with Crippen molar-refractivity contribution in [1.82, 2.24) is 0 Å². The molecule has 5 heteroatoms. The van der Waals surface area contributed by atoms with Gasteiger partial charge < -0.3 is 15.2 Å². The van der Waals surface area contributed by atoms with Crippen LogP contribution in [0.4, 0.5) is 5.69 Å². The molecule has 0 spiro atoms. The van der Waals surface area contributed by atoms with Crippen LogP contribution in [0, 0.1) is 11.8 Å². The Morgan fingerprint density at radius 3 is 3.00 bits per heavy atom. The Bertz CT molecular complexity index is 506. The molecule has 0 aliphatic carbocycles. The lowest BCUT2D eigenvalue weighted by atomic mass is 10.1. The second-order valence-corrected chi connectivity index (χ2v) is 4.40. The number of ether oxygens (including phenoxy) is 1. The number of nitrogens with one attached hydrogen (secondary N) is 1. The quantitative estimate of drug-likeness (QED) is 0.626. The molecule has 2 N–H and O–H groups in total. The van der Waals surface area contributed by atoms with Crippen molar-refractivity contribution in [2.24, 2.45) is 0 Å². The van der Waals surface area contributed by atoms with Gasteiger partial charge in [-0.05, 0) is 25.1 Å². The minimum absolute atomic E-state index is 0.0106. The average molecular weight is 296 g/mol. The number of amides is 1. The molecular weight excluding hydrogens is 278 g/mol. The number of aliphatic hydroxyl groups is 1. The molecule has 0 unspecified atom stereocenters. The molecule has 0 atom stereocenters. The lowest BCUT2D eigenvalue weighted by Gasteiger charge is -2.08. The van der Waals surface area contributed by atoms with Crippen molar-refractivity contribution in [1.29, 1.82) is 0 Å². The first kappa shape index (κ1) is 16.5. The van der Waals surface area contributed by atoms with E-state index < -0.39 is 0 Å². The Balaban J connectivity index is 2.74. The number of carbonyl (C=O) groups excluding carboxylic acids is 1. The molecule has 0 aromatic heterocycles. The van der Waals surface area contributed by atoms with E-state index in [2.05, 4.69) is 17.2 Å². The molecule has 0 saturated carbocycles. The van der Waals surface area contributed by atoms with Crippen molar-refractivity contribution < 1.29 is 14.6 Å². The van der Waals surface area contributed by atoms with E-state index in [0.29, 0.717) is 35.9 Å². The summed E-state index contributed by atoms with van der Waals surface area (Å²) in [5.41, 5.74) is 1.25. The summed E-state index contributed by atoms with van der Waals surface area (Å²) in [6.07, 6.45) is 0.671. The Kier molecular flexibility index (Phi) is 7.74. The Labute approximate surface area is 124 Å². The second kappa shape index (κ2) is 9.38. The van der Waals surface area contributed by atoms with Gasteiger partial charge in [0.1, 0.15) is 0 Å². The Morgan fingerprint density at radius 1 is 1.50 bits per heavy atom. The zero-order valence-electron chi connectivity index (χ0n) is 11.4. The Hall–Kier alpha value is -1.54. The van der Waals surface area contributed by atoms with Gasteiger partial charge in [-0.1, -0.05) is 23.4 Å². The molecule has 0 radical (unpaired) electrons. The van der Waals surface area contributed by atoms with Crippen LogP contribution >= 0.6 is 11.6 Å². The van der Waals surface area contributed by atoms with E-state index in [9.17, 15) is 4.79 Å². The number of hydrogen-bond donors (Lipinski definition) is 2. The lowest BCUT2D eigenvalue weighted by Crippen LogP contribution is -2.15. The van der Waals surface area contributed by atoms with Crippen LogP contribution < -0.4 is 5.32 Å². The SMILES string of the molecule is CCOCCC(=O)Nc1cc(Cl)ccc1C#CCCO. The molecule has 0 fully saturated rings. The summed E-state index contributed by atoms with van der Waals surface area (Å²) in [5.74, 6) is 5.57.